The highest BCUT2D eigenvalue weighted by molar-refractivity contribution is 5.76. The molecule has 1 saturated heterocycles. The molecular weight excluding hydrogens is 274 g/mol. The summed E-state index contributed by atoms with van der Waals surface area (Å²) >= 11 is 0. The summed E-state index contributed by atoms with van der Waals surface area (Å²) in [6.45, 7) is 1.81. The summed E-state index contributed by atoms with van der Waals surface area (Å²) in [6, 6.07) is 0. The molecule has 1 aromatic heterocycles. The summed E-state index contributed by atoms with van der Waals surface area (Å²) in [5.74, 6) is 1.79. The third kappa shape index (κ3) is 4.11. The van der Waals surface area contributed by atoms with Crippen molar-refractivity contribution in [3.05, 3.63) is 18.2 Å². The molecule has 4 heteroatoms. The van der Waals surface area contributed by atoms with Gasteiger partial charge in [0, 0.05) is 31.6 Å². The monoisotopic (exact) mass is 303 g/mol. The van der Waals surface area contributed by atoms with Gasteiger partial charge in [0.25, 0.3) is 0 Å². The lowest BCUT2D eigenvalue weighted by Gasteiger charge is -2.31. The molecule has 1 N–H and O–H groups in total. The van der Waals surface area contributed by atoms with Crippen molar-refractivity contribution in [3.63, 3.8) is 0 Å². The number of nitrogens with one attached hydrogen (secondary N) is 1. The van der Waals surface area contributed by atoms with Crippen LogP contribution in [0, 0.1) is 5.92 Å². The summed E-state index contributed by atoms with van der Waals surface area (Å²) < 4.78 is 0. The molecule has 1 aliphatic heterocycles. The lowest BCUT2D eigenvalue weighted by Crippen LogP contribution is -2.37. The number of carbonyl (C=O) groups is 1. The number of hydrogen-bond donors (Lipinski definition) is 1. The van der Waals surface area contributed by atoms with E-state index in [9.17, 15) is 4.79 Å². The number of H-pyrrole nitrogens is 1. The van der Waals surface area contributed by atoms with Crippen molar-refractivity contribution in [2.24, 2.45) is 5.92 Å². The first-order valence-corrected chi connectivity index (χ1v) is 9.09. The number of aromatic nitrogens is 2. The first kappa shape index (κ1) is 15.6. The number of hydrogen-bond acceptors (Lipinski definition) is 2. The Hall–Kier alpha value is -1.32. The standard InChI is InChI=1S/C18H29N3O/c22-18(8-4-7-15-5-2-1-3-6-15)21-11-9-16(10-12-21)17-13-19-14-20-17/h13-16H,1-12H2,(H,19,20). The van der Waals surface area contributed by atoms with Crippen molar-refractivity contribution >= 4 is 5.91 Å². The molecule has 1 aliphatic carbocycles. The molecule has 2 aliphatic rings. The average molecular weight is 303 g/mol. The third-order valence-corrected chi connectivity index (χ3v) is 5.51. The van der Waals surface area contributed by atoms with Gasteiger partial charge in [0.2, 0.25) is 5.91 Å². The average Bonchev–Trinajstić information content (AvgIpc) is 3.10. The number of carbonyl (C=O) groups excluding carboxylic acids is 1. The number of likely N-dealkylation sites (tertiary alicyclic amines) is 1. The van der Waals surface area contributed by atoms with Crippen LogP contribution in [0.2, 0.25) is 0 Å². The van der Waals surface area contributed by atoms with E-state index >= 15 is 0 Å². The Morgan fingerprint density at radius 1 is 1.18 bits per heavy atom. The largest absolute Gasteiger partial charge is 0.351 e. The number of piperidine rings is 1. The van der Waals surface area contributed by atoms with Crippen molar-refractivity contribution < 1.29 is 4.79 Å². The van der Waals surface area contributed by atoms with Crippen LogP contribution in [-0.2, 0) is 4.79 Å². The smallest absolute Gasteiger partial charge is 0.222 e. The molecular formula is C18H29N3O. The highest BCUT2D eigenvalue weighted by Crippen LogP contribution is 2.29. The van der Waals surface area contributed by atoms with Gasteiger partial charge < -0.3 is 9.88 Å². The predicted octanol–water partition coefficient (Wildman–Crippen LogP) is 3.87. The van der Waals surface area contributed by atoms with E-state index in [-0.39, 0.29) is 0 Å². The summed E-state index contributed by atoms with van der Waals surface area (Å²) in [6.07, 6.45) is 16.0. The molecule has 122 valence electrons. The molecule has 0 unspecified atom stereocenters. The number of nitrogens with zero attached hydrogens (tertiary/aromatic N) is 2. The summed E-state index contributed by atoms with van der Waals surface area (Å²) in [7, 11) is 0. The van der Waals surface area contributed by atoms with Crippen LogP contribution in [0.15, 0.2) is 12.5 Å². The van der Waals surface area contributed by atoms with Gasteiger partial charge in [-0.05, 0) is 31.6 Å². The van der Waals surface area contributed by atoms with E-state index < -0.39 is 0 Å². The third-order valence-electron chi connectivity index (χ3n) is 5.51. The maximum absolute atomic E-state index is 12.3. The first-order valence-electron chi connectivity index (χ1n) is 9.09. The van der Waals surface area contributed by atoms with Crippen LogP contribution in [-0.4, -0.2) is 33.9 Å². The first-order chi connectivity index (χ1) is 10.8. The lowest BCUT2D eigenvalue weighted by molar-refractivity contribution is -0.132. The Balaban J connectivity index is 1.35. The van der Waals surface area contributed by atoms with Crippen LogP contribution in [0.5, 0.6) is 0 Å². The molecule has 0 bridgehead atoms. The van der Waals surface area contributed by atoms with E-state index in [0.29, 0.717) is 11.8 Å². The SMILES string of the molecule is O=C(CCCC1CCCCC1)N1CCC(c2c[nH]cn2)CC1. The second kappa shape index (κ2) is 7.80. The predicted molar refractivity (Wildman–Crippen MR) is 87.6 cm³/mol. The van der Waals surface area contributed by atoms with Crippen LogP contribution in [0.3, 0.4) is 0 Å². The molecule has 0 aromatic carbocycles. The maximum Gasteiger partial charge on any atom is 0.222 e. The minimum Gasteiger partial charge on any atom is -0.351 e. The van der Waals surface area contributed by atoms with Crippen LogP contribution >= 0.6 is 0 Å². The number of imidazole rings is 1. The summed E-state index contributed by atoms with van der Waals surface area (Å²) in [4.78, 5) is 21.8. The molecule has 0 atom stereocenters. The molecule has 1 amide bonds. The van der Waals surface area contributed by atoms with Crippen molar-refractivity contribution in [1.29, 1.82) is 0 Å². The molecule has 1 saturated carbocycles. The molecule has 0 radical (unpaired) electrons. The summed E-state index contributed by atoms with van der Waals surface area (Å²) in [5, 5.41) is 0. The van der Waals surface area contributed by atoms with E-state index in [2.05, 4.69) is 14.9 Å². The van der Waals surface area contributed by atoms with Gasteiger partial charge >= 0.3 is 0 Å². The van der Waals surface area contributed by atoms with Crippen molar-refractivity contribution in [3.8, 4) is 0 Å². The van der Waals surface area contributed by atoms with Crippen molar-refractivity contribution in [2.75, 3.05) is 13.1 Å². The molecule has 0 spiro atoms. The Bertz CT molecular complexity index is 443. The van der Waals surface area contributed by atoms with Gasteiger partial charge in [0.05, 0.1) is 12.0 Å². The Kier molecular flexibility index (Phi) is 5.52. The van der Waals surface area contributed by atoms with Gasteiger partial charge in [0.1, 0.15) is 0 Å². The molecule has 4 nitrogen and oxygen atoms in total. The topological polar surface area (TPSA) is 49.0 Å². The zero-order valence-electron chi connectivity index (χ0n) is 13.6. The van der Waals surface area contributed by atoms with Gasteiger partial charge in [-0.1, -0.05) is 32.1 Å². The van der Waals surface area contributed by atoms with E-state index in [1.807, 2.05) is 6.20 Å². The highest BCUT2D eigenvalue weighted by Gasteiger charge is 2.24. The van der Waals surface area contributed by atoms with Gasteiger partial charge in [-0.3, -0.25) is 4.79 Å². The quantitative estimate of drug-likeness (QED) is 0.897. The number of aromatic amines is 1. The normalized spacial score (nSPS) is 21.2. The fourth-order valence-corrected chi connectivity index (χ4v) is 4.10. The van der Waals surface area contributed by atoms with E-state index in [4.69, 9.17) is 0 Å². The Morgan fingerprint density at radius 2 is 1.95 bits per heavy atom. The molecule has 2 fully saturated rings. The van der Waals surface area contributed by atoms with E-state index in [1.165, 1.54) is 38.5 Å². The minimum atomic E-state index is 0.372. The number of amides is 1. The van der Waals surface area contributed by atoms with Crippen LogP contribution in [0.25, 0.3) is 0 Å². The second-order valence-electron chi connectivity index (χ2n) is 7.05. The van der Waals surface area contributed by atoms with E-state index in [0.717, 1.165) is 50.4 Å². The fraction of sp³-hybridized carbons (Fsp3) is 0.778. The van der Waals surface area contributed by atoms with Gasteiger partial charge in [0.15, 0.2) is 0 Å². The van der Waals surface area contributed by atoms with E-state index in [1.54, 1.807) is 6.33 Å². The number of rotatable bonds is 5. The fourth-order valence-electron chi connectivity index (χ4n) is 4.10. The minimum absolute atomic E-state index is 0.372. The zero-order chi connectivity index (χ0) is 15.2. The van der Waals surface area contributed by atoms with Gasteiger partial charge in [-0.25, -0.2) is 4.98 Å². The van der Waals surface area contributed by atoms with Crippen LogP contribution < -0.4 is 0 Å². The van der Waals surface area contributed by atoms with Gasteiger partial charge in [-0.15, -0.1) is 0 Å². The summed E-state index contributed by atoms with van der Waals surface area (Å²) in [5.41, 5.74) is 1.16. The Labute approximate surface area is 133 Å². The molecule has 1 aromatic rings. The second-order valence-corrected chi connectivity index (χ2v) is 7.05. The highest BCUT2D eigenvalue weighted by atomic mass is 16.2. The van der Waals surface area contributed by atoms with Crippen LogP contribution in [0.1, 0.15) is 75.8 Å². The van der Waals surface area contributed by atoms with Crippen molar-refractivity contribution in [2.45, 2.75) is 70.1 Å². The van der Waals surface area contributed by atoms with Crippen molar-refractivity contribution in [1.82, 2.24) is 14.9 Å². The zero-order valence-corrected chi connectivity index (χ0v) is 13.6. The Morgan fingerprint density at radius 3 is 2.64 bits per heavy atom. The lowest BCUT2D eigenvalue weighted by atomic mass is 9.85. The molecule has 3 rings (SSSR count). The molecule has 22 heavy (non-hydrogen) atoms. The molecule has 2 heterocycles. The maximum atomic E-state index is 12.3. The van der Waals surface area contributed by atoms with Gasteiger partial charge in [-0.2, -0.15) is 0 Å². The van der Waals surface area contributed by atoms with Crippen LogP contribution in [0.4, 0.5) is 0 Å².